The van der Waals surface area contributed by atoms with Gasteiger partial charge in [-0.05, 0) is 51.4 Å². The van der Waals surface area contributed by atoms with E-state index >= 15 is 0 Å². The van der Waals surface area contributed by atoms with Crippen molar-refractivity contribution in [2.24, 2.45) is 23.0 Å². The molecule has 0 aromatic rings. The fourth-order valence-corrected chi connectivity index (χ4v) is 3.13. The highest BCUT2D eigenvalue weighted by atomic mass is 16.1. The predicted octanol–water partition coefficient (Wildman–Crippen LogP) is 2.45. The quantitative estimate of drug-likeness (QED) is 0.763. The van der Waals surface area contributed by atoms with Crippen LogP contribution >= 0.6 is 0 Å². The maximum absolute atomic E-state index is 11.4. The van der Waals surface area contributed by atoms with Crippen molar-refractivity contribution in [2.45, 2.75) is 64.8 Å². The van der Waals surface area contributed by atoms with E-state index in [4.69, 9.17) is 5.73 Å². The van der Waals surface area contributed by atoms with E-state index in [1.54, 1.807) is 0 Å². The van der Waals surface area contributed by atoms with E-state index in [1.165, 1.54) is 44.9 Å². The van der Waals surface area contributed by atoms with Crippen LogP contribution in [0.25, 0.3) is 0 Å². The fraction of sp³-hybridized carbons (Fsp3) is 0.933. The topological polar surface area (TPSA) is 55.1 Å². The van der Waals surface area contributed by atoms with Crippen molar-refractivity contribution in [3.05, 3.63) is 0 Å². The summed E-state index contributed by atoms with van der Waals surface area (Å²) in [5.41, 5.74) is 5.02. The van der Waals surface area contributed by atoms with Gasteiger partial charge in [-0.3, -0.25) is 4.79 Å². The Morgan fingerprint density at radius 2 is 1.72 bits per heavy atom. The fourth-order valence-electron chi connectivity index (χ4n) is 3.13. The standard InChI is InChI=1S/C15H28N2O/c1-15(2,14(16)18)10-17-13(12-8-9-12)11-6-4-3-5-7-11/h11-13,17H,3-10H2,1-2H3,(H2,16,18)/t13-/m0/s1. The summed E-state index contributed by atoms with van der Waals surface area (Å²) >= 11 is 0. The predicted molar refractivity (Wildman–Crippen MR) is 74.1 cm³/mol. The van der Waals surface area contributed by atoms with Crippen LogP contribution in [0.1, 0.15) is 58.8 Å². The van der Waals surface area contributed by atoms with E-state index in [-0.39, 0.29) is 5.91 Å². The van der Waals surface area contributed by atoms with Crippen molar-refractivity contribution in [1.29, 1.82) is 0 Å². The van der Waals surface area contributed by atoms with Gasteiger partial charge in [0.15, 0.2) is 0 Å². The normalized spacial score (nSPS) is 23.9. The molecule has 0 unspecified atom stereocenters. The highest BCUT2D eigenvalue weighted by Gasteiger charge is 2.38. The third kappa shape index (κ3) is 3.47. The molecule has 2 rings (SSSR count). The first kappa shape index (κ1) is 13.9. The summed E-state index contributed by atoms with van der Waals surface area (Å²) in [4.78, 5) is 11.4. The zero-order valence-corrected chi connectivity index (χ0v) is 11.9. The zero-order valence-electron chi connectivity index (χ0n) is 11.9. The molecule has 0 aromatic carbocycles. The molecule has 2 aliphatic rings. The lowest BCUT2D eigenvalue weighted by atomic mass is 9.81. The van der Waals surface area contributed by atoms with Gasteiger partial charge in [-0.2, -0.15) is 0 Å². The van der Waals surface area contributed by atoms with Crippen LogP contribution in [-0.2, 0) is 4.79 Å². The van der Waals surface area contributed by atoms with Gasteiger partial charge in [0.25, 0.3) is 0 Å². The van der Waals surface area contributed by atoms with E-state index in [9.17, 15) is 4.79 Å². The van der Waals surface area contributed by atoms with Crippen LogP contribution in [0.5, 0.6) is 0 Å². The van der Waals surface area contributed by atoms with Crippen LogP contribution in [0.15, 0.2) is 0 Å². The van der Waals surface area contributed by atoms with Gasteiger partial charge >= 0.3 is 0 Å². The smallest absolute Gasteiger partial charge is 0.224 e. The second-order valence-corrected chi connectivity index (χ2v) is 6.89. The summed E-state index contributed by atoms with van der Waals surface area (Å²) in [5.74, 6) is 1.49. The first-order valence-corrected chi connectivity index (χ1v) is 7.54. The van der Waals surface area contributed by atoms with Gasteiger partial charge in [0.05, 0.1) is 5.41 Å². The van der Waals surface area contributed by atoms with Crippen LogP contribution in [-0.4, -0.2) is 18.5 Å². The first-order chi connectivity index (χ1) is 8.50. The Hall–Kier alpha value is -0.570. The largest absolute Gasteiger partial charge is 0.369 e. The monoisotopic (exact) mass is 252 g/mol. The average Bonchev–Trinajstić information content (AvgIpc) is 3.15. The molecule has 0 spiro atoms. The van der Waals surface area contributed by atoms with Gasteiger partial charge in [-0.25, -0.2) is 0 Å². The van der Waals surface area contributed by atoms with Gasteiger partial charge in [-0.1, -0.05) is 19.3 Å². The molecule has 2 saturated carbocycles. The molecule has 2 fully saturated rings. The second-order valence-electron chi connectivity index (χ2n) is 6.89. The molecule has 0 aliphatic heterocycles. The number of hydrogen-bond acceptors (Lipinski definition) is 2. The molecule has 3 N–H and O–H groups in total. The van der Waals surface area contributed by atoms with Crippen molar-refractivity contribution in [3.63, 3.8) is 0 Å². The molecule has 3 heteroatoms. The summed E-state index contributed by atoms with van der Waals surface area (Å²) in [7, 11) is 0. The summed E-state index contributed by atoms with van der Waals surface area (Å²) in [6, 6.07) is 0.629. The minimum absolute atomic E-state index is 0.201. The molecular formula is C15H28N2O. The molecule has 104 valence electrons. The van der Waals surface area contributed by atoms with E-state index in [0.717, 1.165) is 18.4 Å². The van der Waals surface area contributed by atoms with Crippen LogP contribution in [0.4, 0.5) is 0 Å². The Morgan fingerprint density at radius 3 is 2.22 bits per heavy atom. The number of amides is 1. The lowest BCUT2D eigenvalue weighted by Gasteiger charge is -2.33. The van der Waals surface area contributed by atoms with Gasteiger partial charge in [0.2, 0.25) is 5.91 Å². The van der Waals surface area contributed by atoms with E-state index in [0.29, 0.717) is 6.04 Å². The third-order valence-corrected chi connectivity index (χ3v) is 4.73. The van der Waals surface area contributed by atoms with E-state index < -0.39 is 5.41 Å². The summed E-state index contributed by atoms with van der Waals surface area (Å²) in [5, 5.41) is 3.67. The first-order valence-electron chi connectivity index (χ1n) is 7.54. The van der Waals surface area contributed by atoms with E-state index in [2.05, 4.69) is 5.32 Å². The third-order valence-electron chi connectivity index (χ3n) is 4.73. The Labute approximate surface area is 111 Å². The molecule has 0 heterocycles. The number of nitrogens with one attached hydrogen (secondary N) is 1. The number of carbonyl (C=O) groups is 1. The van der Waals surface area contributed by atoms with E-state index in [1.807, 2.05) is 13.8 Å². The minimum atomic E-state index is -0.429. The molecule has 0 bridgehead atoms. The van der Waals surface area contributed by atoms with Crippen molar-refractivity contribution in [3.8, 4) is 0 Å². The maximum Gasteiger partial charge on any atom is 0.224 e. The Bertz CT molecular complexity index is 291. The molecule has 1 atom stereocenters. The number of rotatable bonds is 6. The Morgan fingerprint density at radius 1 is 1.17 bits per heavy atom. The highest BCUT2D eigenvalue weighted by molar-refractivity contribution is 5.80. The lowest BCUT2D eigenvalue weighted by Crippen LogP contribution is -2.47. The van der Waals surface area contributed by atoms with Crippen LogP contribution in [0, 0.1) is 17.3 Å². The molecule has 0 aromatic heterocycles. The van der Waals surface area contributed by atoms with Crippen molar-refractivity contribution < 1.29 is 4.79 Å². The van der Waals surface area contributed by atoms with Gasteiger partial charge in [0, 0.05) is 12.6 Å². The van der Waals surface area contributed by atoms with Crippen molar-refractivity contribution in [2.75, 3.05) is 6.54 Å². The maximum atomic E-state index is 11.4. The zero-order chi connectivity index (χ0) is 13.2. The Kier molecular flexibility index (Phi) is 4.31. The SMILES string of the molecule is CC(C)(CN[C@@H](C1CCCCC1)C1CC1)C(N)=O. The molecule has 2 aliphatic carbocycles. The summed E-state index contributed by atoms with van der Waals surface area (Å²) in [6.45, 7) is 4.60. The minimum Gasteiger partial charge on any atom is -0.369 e. The molecule has 0 radical (unpaired) electrons. The molecule has 3 nitrogen and oxygen atoms in total. The molecule has 1 amide bonds. The van der Waals surface area contributed by atoms with Crippen LogP contribution in [0.3, 0.4) is 0 Å². The van der Waals surface area contributed by atoms with Gasteiger partial charge in [-0.15, -0.1) is 0 Å². The van der Waals surface area contributed by atoms with Gasteiger partial charge < -0.3 is 11.1 Å². The number of nitrogens with two attached hydrogens (primary N) is 1. The number of carbonyl (C=O) groups excluding carboxylic acids is 1. The molecule has 18 heavy (non-hydrogen) atoms. The van der Waals surface area contributed by atoms with Gasteiger partial charge in [0.1, 0.15) is 0 Å². The number of hydrogen-bond donors (Lipinski definition) is 2. The van der Waals surface area contributed by atoms with Crippen molar-refractivity contribution in [1.82, 2.24) is 5.32 Å². The second kappa shape index (κ2) is 5.60. The van der Waals surface area contributed by atoms with Crippen molar-refractivity contribution >= 4 is 5.91 Å². The molecular weight excluding hydrogens is 224 g/mol. The molecule has 0 saturated heterocycles. The number of primary amides is 1. The Balaban J connectivity index is 1.88. The highest BCUT2D eigenvalue weighted by Crippen LogP contribution is 2.40. The summed E-state index contributed by atoms with van der Waals surface area (Å²) in [6.07, 6.45) is 9.64. The average molecular weight is 252 g/mol. The van der Waals surface area contributed by atoms with Crippen LogP contribution < -0.4 is 11.1 Å². The lowest BCUT2D eigenvalue weighted by molar-refractivity contribution is -0.125. The summed E-state index contributed by atoms with van der Waals surface area (Å²) < 4.78 is 0. The van der Waals surface area contributed by atoms with Crippen LogP contribution in [0.2, 0.25) is 0 Å².